The molecule has 5 heteroatoms. The zero-order chi connectivity index (χ0) is 17.2. The van der Waals surface area contributed by atoms with Crippen LogP contribution >= 0.6 is 22.9 Å². The summed E-state index contributed by atoms with van der Waals surface area (Å²) in [4.78, 5) is 15.5. The van der Waals surface area contributed by atoms with Gasteiger partial charge in [0.1, 0.15) is 4.88 Å². The summed E-state index contributed by atoms with van der Waals surface area (Å²) in [6.45, 7) is 3.47. The molecule has 1 amide bonds. The van der Waals surface area contributed by atoms with Gasteiger partial charge >= 0.3 is 0 Å². The topological polar surface area (TPSA) is 32.3 Å². The molecule has 0 aliphatic carbocycles. The Morgan fingerprint density at radius 3 is 2.72 bits per heavy atom. The maximum Gasteiger partial charge on any atom is 0.262 e. The predicted molar refractivity (Wildman–Crippen MR) is 105 cm³/mol. The first kappa shape index (κ1) is 16.6. The van der Waals surface area contributed by atoms with Crippen molar-refractivity contribution < 1.29 is 4.79 Å². The molecule has 0 unspecified atom stereocenters. The molecule has 3 aromatic rings. The van der Waals surface area contributed by atoms with Gasteiger partial charge < -0.3 is 5.32 Å². The third kappa shape index (κ3) is 3.43. The average molecular weight is 371 g/mol. The lowest BCUT2D eigenvalue weighted by atomic mass is 10.00. The number of nitrogens with zero attached hydrogens (tertiary/aromatic N) is 1. The second-order valence-corrected chi connectivity index (χ2v) is 7.72. The molecule has 0 atom stereocenters. The Hall–Kier alpha value is -1.88. The Labute approximate surface area is 156 Å². The highest BCUT2D eigenvalue weighted by molar-refractivity contribution is 7.21. The van der Waals surface area contributed by atoms with E-state index in [1.165, 1.54) is 22.5 Å². The Balaban J connectivity index is 1.35. The fraction of sp³-hybridized carbons (Fsp3) is 0.250. The van der Waals surface area contributed by atoms with Crippen molar-refractivity contribution in [2.45, 2.75) is 13.0 Å². The van der Waals surface area contributed by atoms with E-state index >= 15 is 0 Å². The Morgan fingerprint density at radius 2 is 1.88 bits per heavy atom. The first-order valence-electron chi connectivity index (χ1n) is 8.47. The summed E-state index contributed by atoms with van der Waals surface area (Å²) in [6, 6.07) is 16.4. The van der Waals surface area contributed by atoms with Gasteiger partial charge in [-0.2, -0.15) is 0 Å². The first-order chi connectivity index (χ1) is 12.2. The number of fused-ring (bicyclic) bond motifs is 2. The number of benzene rings is 2. The highest BCUT2D eigenvalue weighted by atomic mass is 35.5. The molecule has 2 heterocycles. The monoisotopic (exact) mass is 370 g/mol. The molecule has 0 bridgehead atoms. The van der Waals surface area contributed by atoms with Gasteiger partial charge in [0, 0.05) is 36.3 Å². The van der Waals surface area contributed by atoms with Gasteiger partial charge in [0.05, 0.1) is 5.02 Å². The summed E-state index contributed by atoms with van der Waals surface area (Å²) >= 11 is 7.83. The fourth-order valence-electron chi connectivity index (χ4n) is 3.31. The Bertz CT molecular complexity index is 921. The number of hydrogen-bond acceptors (Lipinski definition) is 3. The van der Waals surface area contributed by atoms with Crippen molar-refractivity contribution in [1.82, 2.24) is 10.2 Å². The number of hydrogen-bond donors (Lipinski definition) is 1. The molecule has 128 valence electrons. The van der Waals surface area contributed by atoms with Crippen LogP contribution in [0.3, 0.4) is 0 Å². The molecule has 0 saturated carbocycles. The van der Waals surface area contributed by atoms with Gasteiger partial charge in [0.2, 0.25) is 0 Å². The molecule has 0 spiro atoms. The zero-order valence-electron chi connectivity index (χ0n) is 13.8. The molecule has 1 aliphatic heterocycles. The molecule has 0 fully saturated rings. The number of carbonyl (C=O) groups is 1. The largest absolute Gasteiger partial charge is 0.350 e. The van der Waals surface area contributed by atoms with Crippen LogP contribution in [0.5, 0.6) is 0 Å². The van der Waals surface area contributed by atoms with Gasteiger partial charge in [-0.3, -0.25) is 9.69 Å². The van der Waals surface area contributed by atoms with Crippen LogP contribution in [0.4, 0.5) is 0 Å². The van der Waals surface area contributed by atoms with Gasteiger partial charge in [-0.05, 0) is 23.6 Å². The third-order valence-electron chi connectivity index (χ3n) is 4.66. The fourth-order valence-corrected chi connectivity index (χ4v) is 4.75. The van der Waals surface area contributed by atoms with Gasteiger partial charge in [-0.25, -0.2) is 0 Å². The minimum absolute atomic E-state index is 0.0800. The van der Waals surface area contributed by atoms with Crippen molar-refractivity contribution in [2.75, 3.05) is 19.6 Å². The average Bonchev–Trinajstić information content (AvgIpc) is 2.99. The molecule has 4 rings (SSSR count). The van der Waals surface area contributed by atoms with Crippen molar-refractivity contribution in [3.8, 4) is 0 Å². The lowest BCUT2D eigenvalue weighted by Gasteiger charge is -2.28. The van der Waals surface area contributed by atoms with Gasteiger partial charge in [-0.15, -0.1) is 11.3 Å². The summed E-state index contributed by atoms with van der Waals surface area (Å²) in [5, 5.41) is 4.53. The molecule has 25 heavy (non-hydrogen) atoms. The van der Waals surface area contributed by atoms with Crippen LogP contribution in [0, 0.1) is 0 Å². The van der Waals surface area contributed by atoms with Crippen molar-refractivity contribution in [2.24, 2.45) is 0 Å². The van der Waals surface area contributed by atoms with Crippen LogP contribution in [-0.4, -0.2) is 30.4 Å². The lowest BCUT2D eigenvalue weighted by molar-refractivity contribution is 0.0951. The quantitative estimate of drug-likeness (QED) is 0.740. The molecule has 0 saturated heterocycles. The van der Waals surface area contributed by atoms with Crippen molar-refractivity contribution in [3.05, 3.63) is 69.6 Å². The number of carbonyl (C=O) groups excluding carboxylic acids is 1. The standard InChI is InChI=1S/C20H19ClN2OS/c21-18-16-7-3-4-8-17(16)25-19(18)20(24)22-10-12-23-11-9-14-5-1-2-6-15(14)13-23/h1-8H,9-13H2,(H,22,24). The van der Waals surface area contributed by atoms with Crippen LogP contribution in [0.2, 0.25) is 5.02 Å². The predicted octanol–water partition coefficient (Wildman–Crippen LogP) is 4.34. The van der Waals surface area contributed by atoms with E-state index in [-0.39, 0.29) is 5.91 Å². The molecule has 1 aromatic heterocycles. The maximum absolute atomic E-state index is 12.5. The van der Waals surface area contributed by atoms with Crippen molar-refractivity contribution >= 4 is 38.9 Å². The van der Waals surface area contributed by atoms with Gasteiger partial charge in [0.15, 0.2) is 0 Å². The van der Waals surface area contributed by atoms with Crippen LogP contribution in [0.15, 0.2) is 48.5 Å². The van der Waals surface area contributed by atoms with Crippen molar-refractivity contribution in [1.29, 1.82) is 0 Å². The third-order valence-corrected chi connectivity index (χ3v) is 6.34. The zero-order valence-corrected chi connectivity index (χ0v) is 15.4. The number of nitrogens with one attached hydrogen (secondary N) is 1. The number of rotatable bonds is 4. The SMILES string of the molecule is O=C(NCCN1CCc2ccccc2C1)c1sc2ccccc2c1Cl. The lowest BCUT2D eigenvalue weighted by Crippen LogP contribution is -2.37. The summed E-state index contributed by atoms with van der Waals surface area (Å²) in [5.41, 5.74) is 2.84. The van der Waals surface area contributed by atoms with E-state index < -0.39 is 0 Å². The van der Waals surface area contributed by atoms with Crippen molar-refractivity contribution in [3.63, 3.8) is 0 Å². The summed E-state index contributed by atoms with van der Waals surface area (Å²) in [5.74, 6) is -0.0800. The van der Waals surface area contributed by atoms with Gasteiger partial charge in [-0.1, -0.05) is 54.1 Å². The minimum Gasteiger partial charge on any atom is -0.350 e. The van der Waals surface area contributed by atoms with E-state index in [9.17, 15) is 4.79 Å². The Morgan fingerprint density at radius 1 is 1.12 bits per heavy atom. The van der Waals surface area contributed by atoms with Gasteiger partial charge in [0.25, 0.3) is 5.91 Å². The molecule has 0 radical (unpaired) electrons. The second kappa shape index (κ2) is 7.16. The smallest absolute Gasteiger partial charge is 0.262 e. The summed E-state index contributed by atoms with van der Waals surface area (Å²) in [7, 11) is 0. The number of thiophene rings is 1. The first-order valence-corrected chi connectivity index (χ1v) is 9.66. The second-order valence-electron chi connectivity index (χ2n) is 6.29. The number of halogens is 1. The van der Waals surface area contributed by atoms with Crippen LogP contribution in [-0.2, 0) is 13.0 Å². The summed E-state index contributed by atoms with van der Waals surface area (Å²) in [6.07, 6.45) is 1.08. The Kier molecular flexibility index (Phi) is 4.75. The van der Waals surface area contributed by atoms with E-state index in [0.29, 0.717) is 16.4 Å². The molecular weight excluding hydrogens is 352 g/mol. The normalized spacial score (nSPS) is 14.4. The molecule has 2 aromatic carbocycles. The van der Waals surface area contributed by atoms with E-state index in [1.54, 1.807) is 0 Å². The van der Waals surface area contributed by atoms with Crippen LogP contribution < -0.4 is 5.32 Å². The maximum atomic E-state index is 12.5. The summed E-state index contributed by atoms with van der Waals surface area (Å²) < 4.78 is 1.05. The molecule has 3 nitrogen and oxygen atoms in total. The van der Waals surface area contributed by atoms with E-state index in [0.717, 1.165) is 36.1 Å². The highest BCUT2D eigenvalue weighted by Gasteiger charge is 2.18. The number of amides is 1. The minimum atomic E-state index is -0.0800. The van der Waals surface area contributed by atoms with E-state index in [4.69, 9.17) is 11.6 Å². The van der Waals surface area contributed by atoms with Crippen LogP contribution in [0.25, 0.3) is 10.1 Å². The molecule has 1 aliphatic rings. The molecule has 1 N–H and O–H groups in total. The molecular formula is C20H19ClN2OS. The van der Waals surface area contributed by atoms with Crippen LogP contribution in [0.1, 0.15) is 20.8 Å². The van der Waals surface area contributed by atoms with E-state index in [1.807, 2.05) is 24.3 Å². The van der Waals surface area contributed by atoms with E-state index in [2.05, 4.69) is 34.5 Å². The highest BCUT2D eigenvalue weighted by Crippen LogP contribution is 2.34.